The van der Waals surface area contributed by atoms with Crippen LogP contribution in [0.5, 0.6) is 17.2 Å². The SMILES string of the molecule is COc1ccc(CCC(=O)Nc2ccc3c(c2)OCO3)cc1Br. The van der Waals surface area contributed by atoms with Gasteiger partial charge in [-0.05, 0) is 52.2 Å². The number of benzene rings is 2. The van der Waals surface area contributed by atoms with Crippen molar-refractivity contribution in [3.05, 3.63) is 46.4 Å². The summed E-state index contributed by atoms with van der Waals surface area (Å²) >= 11 is 3.45. The first-order valence-electron chi connectivity index (χ1n) is 7.17. The lowest BCUT2D eigenvalue weighted by atomic mass is 10.1. The molecule has 0 atom stereocenters. The number of hydrogen-bond donors (Lipinski definition) is 1. The van der Waals surface area contributed by atoms with Crippen LogP contribution in [0.3, 0.4) is 0 Å². The quantitative estimate of drug-likeness (QED) is 0.861. The average molecular weight is 378 g/mol. The molecule has 0 aromatic heterocycles. The molecule has 120 valence electrons. The smallest absolute Gasteiger partial charge is 0.231 e. The lowest BCUT2D eigenvalue weighted by molar-refractivity contribution is -0.116. The van der Waals surface area contributed by atoms with E-state index >= 15 is 0 Å². The van der Waals surface area contributed by atoms with Crippen molar-refractivity contribution in [3.63, 3.8) is 0 Å². The maximum Gasteiger partial charge on any atom is 0.231 e. The molecule has 0 aliphatic carbocycles. The minimum Gasteiger partial charge on any atom is -0.496 e. The first kappa shape index (κ1) is 15.7. The Labute approximate surface area is 142 Å². The normalized spacial score (nSPS) is 12.1. The molecule has 1 amide bonds. The van der Waals surface area contributed by atoms with Gasteiger partial charge >= 0.3 is 0 Å². The van der Waals surface area contributed by atoms with E-state index in [2.05, 4.69) is 21.2 Å². The molecule has 3 rings (SSSR count). The zero-order chi connectivity index (χ0) is 16.2. The van der Waals surface area contributed by atoms with Crippen LogP contribution in [0.15, 0.2) is 40.9 Å². The summed E-state index contributed by atoms with van der Waals surface area (Å²) in [5.74, 6) is 2.09. The number of halogens is 1. The Morgan fingerprint density at radius 1 is 1.22 bits per heavy atom. The van der Waals surface area contributed by atoms with E-state index in [-0.39, 0.29) is 12.7 Å². The van der Waals surface area contributed by atoms with Crippen molar-refractivity contribution < 1.29 is 19.0 Å². The Bertz CT molecular complexity index is 733. The van der Waals surface area contributed by atoms with Crippen molar-refractivity contribution in [1.29, 1.82) is 0 Å². The van der Waals surface area contributed by atoms with Crippen molar-refractivity contribution >= 4 is 27.5 Å². The fourth-order valence-electron chi connectivity index (χ4n) is 2.32. The topological polar surface area (TPSA) is 56.8 Å². The number of anilines is 1. The Kier molecular flexibility index (Phi) is 4.71. The van der Waals surface area contributed by atoms with Gasteiger partial charge in [-0.3, -0.25) is 4.79 Å². The van der Waals surface area contributed by atoms with Gasteiger partial charge in [-0.25, -0.2) is 0 Å². The van der Waals surface area contributed by atoms with Crippen LogP contribution in [0.1, 0.15) is 12.0 Å². The van der Waals surface area contributed by atoms with Crippen molar-refractivity contribution in [2.45, 2.75) is 12.8 Å². The van der Waals surface area contributed by atoms with Gasteiger partial charge in [-0.1, -0.05) is 6.07 Å². The fourth-order valence-corrected chi connectivity index (χ4v) is 2.91. The molecule has 0 fully saturated rings. The zero-order valence-electron chi connectivity index (χ0n) is 12.6. The molecule has 5 nitrogen and oxygen atoms in total. The van der Waals surface area contributed by atoms with Crippen molar-refractivity contribution in [1.82, 2.24) is 0 Å². The molecule has 1 aliphatic heterocycles. The van der Waals surface area contributed by atoms with E-state index in [1.54, 1.807) is 25.3 Å². The predicted molar refractivity (Wildman–Crippen MR) is 90.2 cm³/mol. The molecule has 0 bridgehead atoms. The Morgan fingerprint density at radius 2 is 2.04 bits per heavy atom. The highest BCUT2D eigenvalue weighted by Crippen LogP contribution is 2.34. The first-order valence-corrected chi connectivity index (χ1v) is 7.97. The molecule has 1 heterocycles. The van der Waals surface area contributed by atoms with Gasteiger partial charge in [-0.2, -0.15) is 0 Å². The number of amides is 1. The summed E-state index contributed by atoms with van der Waals surface area (Å²) in [4.78, 5) is 12.1. The van der Waals surface area contributed by atoms with Gasteiger partial charge in [-0.15, -0.1) is 0 Å². The molecule has 1 aliphatic rings. The van der Waals surface area contributed by atoms with Crippen LogP contribution < -0.4 is 19.5 Å². The van der Waals surface area contributed by atoms with Crippen LogP contribution in [-0.4, -0.2) is 19.8 Å². The highest BCUT2D eigenvalue weighted by atomic mass is 79.9. The van der Waals surface area contributed by atoms with Crippen LogP contribution in [0.2, 0.25) is 0 Å². The van der Waals surface area contributed by atoms with Crippen molar-refractivity contribution in [2.75, 3.05) is 19.2 Å². The third-order valence-corrected chi connectivity index (χ3v) is 4.13. The Hall–Kier alpha value is -2.21. The number of ether oxygens (including phenoxy) is 3. The summed E-state index contributed by atoms with van der Waals surface area (Å²) in [5, 5.41) is 2.87. The lowest BCUT2D eigenvalue weighted by Gasteiger charge is -2.08. The van der Waals surface area contributed by atoms with Gasteiger partial charge < -0.3 is 19.5 Å². The molecule has 6 heteroatoms. The third kappa shape index (κ3) is 3.76. The molecule has 0 unspecified atom stereocenters. The van der Waals surface area contributed by atoms with Crippen LogP contribution in [0, 0.1) is 0 Å². The van der Waals surface area contributed by atoms with E-state index in [4.69, 9.17) is 14.2 Å². The number of aryl methyl sites for hydroxylation is 1. The maximum absolute atomic E-state index is 12.1. The summed E-state index contributed by atoms with van der Waals surface area (Å²) in [6, 6.07) is 11.2. The van der Waals surface area contributed by atoms with Crippen molar-refractivity contribution in [3.8, 4) is 17.2 Å². The number of hydrogen-bond acceptors (Lipinski definition) is 4. The second kappa shape index (κ2) is 6.91. The largest absolute Gasteiger partial charge is 0.496 e. The molecule has 0 radical (unpaired) electrons. The number of rotatable bonds is 5. The van der Waals surface area contributed by atoms with E-state index in [0.717, 1.165) is 15.8 Å². The minimum absolute atomic E-state index is 0.0456. The van der Waals surface area contributed by atoms with Gasteiger partial charge in [0.25, 0.3) is 0 Å². The van der Waals surface area contributed by atoms with Crippen LogP contribution in [0.4, 0.5) is 5.69 Å². The number of fused-ring (bicyclic) bond motifs is 1. The number of carbonyl (C=O) groups excluding carboxylic acids is 1. The van der Waals surface area contributed by atoms with Gasteiger partial charge in [0.05, 0.1) is 11.6 Å². The van der Waals surface area contributed by atoms with Gasteiger partial charge in [0.15, 0.2) is 11.5 Å². The van der Waals surface area contributed by atoms with Gasteiger partial charge in [0.1, 0.15) is 5.75 Å². The Morgan fingerprint density at radius 3 is 2.83 bits per heavy atom. The van der Waals surface area contributed by atoms with Crippen molar-refractivity contribution in [2.24, 2.45) is 0 Å². The molecule has 1 N–H and O–H groups in total. The minimum atomic E-state index is -0.0456. The molecule has 0 spiro atoms. The number of methoxy groups -OCH3 is 1. The highest BCUT2D eigenvalue weighted by Gasteiger charge is 2.14. The summed E-state index contributed by atoms with van der Waals surface area (Å²) in [7, 11) is 1.62. The van der Waals surface area contributed by atoms with Gasteiger partial charge in [0.2, 0.25) is 12.7 Å². The van der Waals surface area contributed by atoms with E-state index in [1.807, 2.05) is 18.2 Å². The predicted octanol–water partition coefficient (Wildman–Crippen LogP) is 3.76. The van der Waals surface area contributed by atoms with Crippen LogP contribution in [0.25, 0.3) is 0 Å². The number of carbonyl (C=O) groups is 1. The standard InChI is InChI=1S/C17H16BrNO4/c1-21-14-5-2-11(8-13(14)18)3-7-17(20)19-12-4-6-15-16(9-12)23-10-22-15/h2,4-6,8-9H,3,7,10H2,1H3,(H,19,20). The zero-order valence-corrected chi connectivity index (χ0v) is 14.2. The summed E-state index contributed by atoms with van der Waals surface area (Å²) in [5.41, 5.74) is 1.77. The number of nitrogens with one attached hydrogen (secondary N) is 1. The summed E-state index contributed by atoms with van der Waals surface area (Å²) < 4.78 is 16.6. The van der Waals surface area contributed by atoms with E-state index in [9.17, 15) is 4.79 Å². The molecule has 0 saturated carbocycles. The lowest BCUT2D eigenvalue weighted by Crippen LogP contribution is -2.12. The molecule has 2 aromatic carbocycles. The van der Waals surface area contributed by atoms with E-state index in [0.29, 0.717) is 30.0 Å². The maximum atomic E-state index is 12.1. The Balaban J connectivity index is 1.56. The second-order valence-corrected chi connectivity index (χ2v) is 5.94. The molecule has 23 heavy (non-hydrogen) atoms. The fraction of sp³-hybridized carbons (Fsp3) is 0.235. The van der Waals surface area contributed by atoms with E-state index in [1.165, 1.54) is 0 Å². The third-order valence-electron chi connectivity index (χ3n) is 3.51. The van der Waals surface area contributed by atoms with Crippen LogP contribution in [-0.2, 0) is 11.2 Å². The van der Waals surface area contributed by atoms with Crippen LogP contribution >= 0.6 is 15.9 Å². The monoisotopic (exact) mass is 377 g/mol. The molecule has 2 aromatic rings. The molecular weight excluding hydrogens is 362 g/mol. The summed E-state index contributed by atoms with van der Waals surface area (Å²) in [6.07, 6.45) is 1.05. The summed E-state index contributed by atoms with van der Waals surface area (Å²) in [6.45, 7) is 0.221. The highest BCUT2D eigenvalue weighted by molar-refractivity contribution is 9.10. The molecule has 0 saturated heterocycles. The molecular formula is C17H16BrNO4. The second-order valence-electron chi connectivity index (χ2n) is 5.09. The van der Waals surface area contributed by atoms with Gasteiger partial charge in [0, 0.05) is 18.2 Å². The first-order chi connectivity index (χ1) is 11.2. The average Bonchev–Trinajstić information content (AvgIpc) is 3.01. The van der Waals surface area contributed by atoms with E-state index < -0.39 is 0 Å².